The fourth-order valence-electron chi connectivity index (χ4n) is 3.86. The number of carbonyl (C=O) groups excluding carboxylic acids is 2. The Hall–Kier alpha value is -2.12. The van der Waals surface area contributed by atoms with Gasteiger partial charge >= 0.3 is 0 Å². The summed E-state index contributed by atoms with van der Waals surface area (Å²) >= 11 is 0. The lowest BCUT2D eigenvalue weighted by molar-refractivity contribution is -0.138. The van der Waals surface area contributed by atoms with Gasteiger partial charge in [-0.05, 0) is 31.4 Å². The van der Waals surface area contributed by atoms with Crippen molar-refractivity contribution in [3.63, 3.8) is 0 Å². The number of hydrogen-bond acceptors (Lipinski definition) is 2. The third-order valence-corrected chi connectivity index (χ3v) is 4.82. The number of nitrogens with two attached hydrogens (primary N) is 1. The molecule has 2 aliphatic rings. The standard InChI is InChI=1S/C16H16F4N2O2/c17-9-4-10(18)6-11(5-9)22-12(13(21)23)7-15(14(22)24)2-1-3-16(19,20)8-15/h4-6,12H,1-3,7-8H2,(H2,21,23). The molecule has 24 heavy (non-hydrogen) atoms. The Morgan fingerprint density at radius 2 is 1.79 bits per heavy atom. The highest BCUT2D eigenvalue weighted by molar-refractivity contribution is 6.06. The number of halogens is 4. The molecule has 2 unspecified atom stereocenters. The lowest BCUT2D eigenvalue weighted by Gasteiger charge is -2.36. The molecule has 1 saturated heterocycles. The van der Waals surface area contributed by atoms with Crippen molar-refractivity contribution in [3.8, 4) is 0 Å². The Balaban J connectivity index is 2.04. The molecule has 2 fully saturated rings. The van der Waals surface area contributed by atoms with Crippen LogP contribution in [-0.4, -0.2) is 23.8 Å². The van der Waals surface area contributed by atoms with Gasteiger partial charge in [-0.1, -0.05) is 0 Å². The molecule has 1 saturated carbocycles. The number of rotatable bonds is 2. The number of benzene rings is 1. The van der Waals surface area contributed by atoms with Crippen LogP contribution in [0.3, 0.4) is 0 Å². The first-order valence-electron chi connectivity index (χ1n) is 7.61. The van der Waals surface area contributed by atoms with Crippen LogP contribution in [0.5, 0.6) is 0 Å². The molecule has 4 nitrogen and oxygen atoms in total. The number of hydrogen-bond donors (Lipinski definition) is 1. The number of nitrogens with zero attached hydrogens (tertiary/aromatic N) is 1. The largest absolute Gasteiger partial charge is 0.368 e. The van der Waals surface area contributed by atoms with Crippen LogP contribution in [-0.2, 0) is 9.59 Å². The number of primary amides is 1. The monoisotopic (exact) mass is 344 g/mol. The smallest absolute Gasteiger partial charge is 0.249 e. The quantitative estimate of drug-likeness (QED) is 0.839. The zero-order chi connectivity index (χ0) is 17.7. The topological polar surface area (TPSA) is 63.4 Å². The van der Waals surface area contributed by atoms with Gasteiger partial charge in [-0.25, -0.2) is 17.6 Å². The summed E-state index contributed by atoms with van der Waals surface area (Å²) in [4.78, 5) is 25.5. The van der Waals surface area contributed by atoms with E-state index >= 15 is 0 Å². The van der Waals surface area contributed by atoms with Crippen molar-refractivity contribution < 1.29 is 27.2 Å². The van der Waals surface area contributed by atoms with Gasteiger partial charge in [-0.3, -0.25) is 14.5 Å². The minimum Gasteiger partial charge on any atom is -0.368 e. The molecule has 0 bridgehead atoms. The molecule has 0 aromatic heterocycles. The van der Waals surface area contributed by atoms with E-state index in [1.807, 2.05) is 0 Å². The second kappa shape index (κ2) is 5.46. The third kappa shape index (κ3) is 2.74. The van der Waals surface area contributed by atoms with Crippen molar-refractivity contribution in [1.29, 1.82) is 0 Å². The SMILES string of the molecule is NC(=O)C1CC2(CCCC(F)(F)C2)C(=O)N1c1cc(F)cc(F)c1. The summed E-state index contributed by atoms with van der Waals surface area (Å²) in [6, 6.07) is 1.19. The van der Waals surface area contributed by atoms with E-state index in [4.69, 9.17) is 5.73 Å². The van der Waals surface area contributed by atoms with Gasteiger partial charge in [0, 0.05) is 18.9 Å². The molecule has 3 rings (SSSR count). The summed E-state index contributed by atoms with van der Waals surface area (Å²) in [6.07, 6.45) is -0.848. The normalized spacial score (nSPS) is 29.2. The van der Waals surface area contributed by atoms with Crippen LogP contribution in [0.4, 0.5) is 23.2 Å². The van der Waals surface area contributed by atoms with Crippen LogP contribution in [0.2, 0.25) is 0 Å². The van der Waals surface area contributed by atoms with Crippen LogP contribution in [0.1, 0.15) is 32.1 Å². The molecule has 0 radical (unpaired) electrons. The fraction of sp³-hybridized carbons (Fsp3) is 0.500. The van der Waals surface area contributed by atoms with E-state index in [-0.39, 0.29) is 31.4 Å². The second-order valence-electron chi connectivity index (χ2n) is 6.59. The maximum absolute atomic E-state index is 13.9. The van der Waals surface area contributed by atoms with Crippen LogP contribution in [0.15, 0.2) is 18.2 Å². The molecule has 8 heteroatoms. The van der Waals surface area contributed by atoms with Gasteiger partial charge in [0.2, 0.25) is 17.7 Å². The average Bonchev–Trinajstić information content (AvgIpc) is 2.70. The molecular weight excluding hydrogens is 328 g/mol. The van der Waals surface area contributed by atoms with E-state index in [0.717, 1.165) is 17.0 Å². The number of anilines is 1. The first-order valence-corrected chi connectivity index (χ1v) is 7.61. The molecule has 130 valence electrons. The zero-order valence-electron chi connectivity index (χ0n) is 12.7. The Bertz CT molecular complexity index is 689. The number of carbonyl (C=O) groups is 2. The van der Waals surface area contributed by atoms with E-state index < -0.39 is 47.2 Å². The molecule has 1 aliphatic heterocycles. The van der Waals surface area contributed by atoms with Crippen molar-refractivity contribution in [2.45, 2.75) is 44.1 Å². The van der Waals surface area contributed by atoms with Crippen molar-refractivity contribution in [3.05, 3.63) is 29.8 Å². The van der Waals surface area contributed by atoms with Gasteiger partial charge in [0.05, 0.1) is 11.1 Å². The van der Waals surface area contributed by atoms with E-state index in [0.29, 0.717) is 6.07 Å². The van der Waals surface area contributed by atoms with Crippen LogP contribution >= 0.6 is 0 Å². The summed E-state index contributed by atoms with van der Waals surface area (Å²) in [5.41, 5.74) is 3.70. The van der Waals surface area contributed by atoms with Crippen LogP contribution < -0.4 is 10.6 Å². The summed E-state index contributed by atoms with van der Waals surface area (Å²) in [7, 11) is 0. The molecule has 2 atom stereocenters. The van der Waals surface area contributed by atoms with E-state index in [2.05, 4.69) is 0 Å². The molecular formula is C16H16F4N2O2. The zero-order valence-corrected chi connectivity index (χ0v) is 12.7. The summed E-state index contributed by atoms with van der Waals surface area (Å²) in [6.45, 7) is 0. The minimum atomic E-state index is -3.01. The maximum Gasteiger partial charge on any atom is 0.249 e. The highest BCUT2D eigenvalue weighted by Gasteiger charge is 2.59. The number of alkyl halides is 2. The van der Waals surface area contributed by atoms with Crippen molar-refractivity contribution in [2.24, 2.45) is 11.1 Å². The molecule has 2 amide bonds. The van der Waals surface area contributed by atoms with Gasteiger partial charge in [0.25, 0.3) is 0 Å². The average molecular weight is 344 g/mol. The molecule has 1 aromatic rings. The van der Waals surface area contributed by atoms with E-state index in [1.54, 1.807) is 0 Å². The molecule has 1 aliphatic carbocycles. The predicted molar refractivity (Wildman–Crippen MR) is 77.3 cm³/mol. The second-order valence-corrected chi connectivity index (χ2v) is 6.59. The molecule has 1 aromatic carbocycles. The Kier molecular flexibility index (Phi) is 3.80. The number of amides is 2. The van der Waals surface area contributed by atoms with Gasteiger partial charge in [0.1, 0.15) is 17.7 Å². The lowest BCUT2D eigenvalue weighted by Crippen LogP contribution is -2.44. The Morgan fingerprint density at radius 3 is 2.33 bits per heavy atom. The van der Waals surface area contributed by atoms with Crippen molar-refractivity contribution in [2.75, 3.05) is 4.90 Å². The van der Waals surface area contributed by atoms with Gasteiger partial charge in [-0.15, -0.1) is 0 Å². The first kappa shape index (κ1) is 16.7. The highest BCUT2D eigenvalue weighted by atomic mass is 19.3. The maximum atomic E-state index is 13.9. The summed E-state index contributed by atoms with van der Waals surface area (Å²) in [5, 5.41) is 0. The predicted octanol–water partition coefficient (Wildman–Crippen LogP) is 2.75. The fourth-order valence-corrected chi connectivity index (χ4v) is 3.86. The van der Waals surface area contributed by atoms with E-state index in [1.165, 1.54) is 0 Å². The van der Waals surface area contributed by atoms with Crippen LogP contribution in [0, 0.1) is 17.0 Å². The van der Waals surface area contributed by atoms with Gasteiger partial charge in [-0.2, -0.15) is 0 Å². The first-order chi connectivity index (χ1) is 11.1. The van der Waals surface area contributed by atoms with Crippen molar-refractivity contribution >= 4 is 17.5 Å². The Morgan fingerprint density at radius 1 is 1.17 bits per heavy atom. The van der Waals surface area contributed by atoms with Crippen molar-refractivity contribution in [1.82, 2.24) is 0 Å². The molecule has 2 N–H and O–H groups in total. The minimum absolute atomic E-state index is 0.134. The summed E-state index contributed by atoms with van der Waals surface area (Å²) < 4.78 is 54.7. The lowest BCUT2D eigenvalue weighted by atomic mass is 9.70. The molecule has 1 spiro atoms. The Labute approximate surface area is 135 Å². The van der Waals surface area contributed by atoms with E-state index in [9.17, 15) is 27.2 Å². The molecule has 1 heterocycles. The van der Waals surface area contributed by atoms with Gasteiger partial charge in [0.15, 0.2) is 0 Å². The summed E-state index contributed by atoms with van der Waals surface area (Å²) in [5.74, 6) is -6.50. The van der Waals surface area contributed by atoms with Gasteiger partial charge < -0.3 is 5.73 Å². The highest BCUT2D eigenvalue weighted by Crippen LogP contribution is 2.52. The third-order valence-electron chi connectivity index (χ3n) is 4.82. The van der Waals surface area contributed by atoms with Crippen LogP contribution in [0.25, 0.3) is 0 Å².